The van der Waals surface area contributed by atoms with Gasteiger partial charge in [-0.25, -0.2) is 9.97 Å². The first-order chi connectivity index (χ1) is 12.7. The van der Waals surface area contributed by atoms with Gasteiger partial charge in [-0.2, -0.15) is 5.10 Å². The van der Waals surface area contributed by atoms with Gasteiger partial charge < -0.3 is 5.32 Å². The van der Waals surface area contributed by atoms with E-state index in [-0.39, 0.29) is 5.41 Å². The van der Waals surface area contributed by atoms with Gasteiger partial charge in [0.1, 0.15) is 5.82 Å². The Kier molecular flexibility index (Phi) is 4.05. The van der Waals surface area contributed by atoms with Crippen LogP contribution in [0.1, 0.15) is 54.2 Å². The van der Waals surface area contributed by atoms with Crippen LogP contribution in [0.25, 0.3) is 0 Å². The molecule has 1 aliphatic carbocycles. The first-order valence-corrected chi connectivity index (χ1v) is 10.0. The van der Waals surface area contributed by atoms with Crippen molar-refractivity contribution in [3.8, 4) is 0 Å². The SMILES string of the molecule is Cc1ncc2c(n1)C1(CCCN(Cc3cc4n(n3)CCCNC4)C1)CC2. The average molecular weight is 352 g/mol. The second-order valence-electron chi connectivity index (χ2n) is 8.27. The number of nitrogens with zero attached hydrogens (tertiary/aromatic N) is 5. The fraction of sp³-hybridized carbons (Fsp3) is 0.650. The van der Waals surface area contributed by atoms with Crippen LogP contribution in [0.15, 0.2) is 12.3 Å². The van der Waals surface area contributed by atoms with E-state index in [0.717, 1.165) is 51.4 Å². The molecule has 1 spiro atoms. The Morgan fingerprint density at radius 3 is 3.15 bits per heavy atom. The first kappa shape index (κ1) is 16.4. The van der Waals surface area contributed by atoms with Crippen molar-refractivity contribution in [3.05, 3.63) is 40.7 Å². The van der Waals surface area contributed by atoms with Crippen LogP contribution in [0.5, 0.6) is 0 Å². The molecule has 6 heteroatoms. The second-order valence-corrected chi connectivity index (χ2v) is 8.27. The van der Waals surface area contributed by atoms with E-state index >= 15 is 0 Å². The first-order valence-electron chi connectivity index (χ1n) is 10.0. The summed E-state index contributed by atoms with van der Waals surface area (Å²) in [7, 11) is 0. The summed E-state index contributed by atoms with van der Waals surface area (Å²) in [6.45, 7) is 8.32. The minimum absolute atomic E-state index is 0.236. The van der Waals surface area contributed by atoms with Crippen LogP contribution in [0.3, 0.4) is 0 Å². The molecule has 2 aromatic rings. The van der Waals surface area contributed by atoms with Gasteiger partial charge in [0.25, 0.3) is 0 Å². The van der Waals surface area contributed by atoms with E-state index in [4.69, 9.17) is 10.1 Å². The molecule has 1 atom stereocenters. The predicted octanol–water partition coefficient (Wildman–Crippen LogP) is 1.95. The zero-order valence-corrected chi connectivity index (χ0v) is 15.7. The monoisotopic (exact) mass is 352 g/mol. The molecular formula is C20H28N6. The smallest absolute Gasteiger partial charge is 0.125 e. The molecule has 3 aliphatic rings. The van der Waals surface area contributed by atoms with Crippen LogP contribution in [0.2, 0.25) is 0 Å². The molecule has 5 rings (SSSR count). The zero-order chi connectivity index (χ0) is 17.6. The minimum atomic E-state index is 0.236. The van der Waals surface area contributed by atoms with Crippen molar-refractivity contribution >= 4 is 0 Å². The Balaban J connectivity index is 1.35. The number of fused-ring (bicyclic) bond motifs is 3. The summed E-state index contributed by atoms with van der Waals surface area (Å²) in [4.78, 5) is 11.9. The molecule has 1 N–H and O–H groups in total. The van der Waals surface area contributed by atoms with Crippen LogP contribution >= 0.6 is 0 Å². The lowest BCUT2D eigenvalue weighted by Gasteiger charge is -2.40. The van der Waals surface area contributed by atoms with E-state index in [0.29, 0.717) is 0 Å². The normalized spacial score (nSPS) is 25.9. The quantitative estimate of drug-likeness (QED) is 0.895. The number of nitrogens with one attached hydrogen (secondary N) is 1. The number of hydrogen-bond acceptors (Lipinski definition) is 5. The summed E-state index contributed by atoms with van der Waals surface area (Å²) in [5, 5.41) is 8.38. The van der Waals surface area contributed by atoms with Crippen LogP contribution < -0.4 is 5.32 Å². The van der Waals surface area contributed by atoms with E-state index < -0.39 is 0 Å². The van der Waals surface area contributed by atoms with Crippen LogP contribution in [0.4, 0.5) is 0 Å². The summed E-state index contributed by atoms with van der Waals surface area (Å²) in [5.74, 6) is 0.910. The molecule has 1 fully saturated rings. The molecule has 0 radical (unpaired) electrons. The third-order valence-electron chi connectivity index (χ3n) is 6.35. The fourth-order valence-corrected chi connectivity index (χ4v) is 5.12. The van der Waals surface area contributed by atoms with E-state index in [9.17, 15) is 0 Å². The number of rotatable bonds is 2. The maximum Gasteiger partial charge on any atom is 0.125 e. The molecule has 0 bridgehead atoms. The largest absolute Gasteiger partial charge is 0.311 e. The zero-order valence-electron chi connectivity index (χ0n) is 15.7. The lowest BCUT2D eigenvalue weighted by molar-refractivity contribution is 0.135. The highest BCUT2D eigenvalue weighted by Gasteiger charge is 2.43. The van der Waals surface area contributed by atoms with Gasteiger partial charge in [-0.3, -0.25) is 9.58 Å². The Hall–Kier alpha value is -1.79. The van der Waals surface area contributed by atoms with Gasteiger partial charge in [-0.05, 0) is 63.7 Å². The molecule has 138 valence electrons. The van der Waals surface area contributed by atoms with Crippen molar-refractivity contribution < 1.29 is 0 Å². The van der Waals surface area contributed by atoms with E-state index in [2.05, 4.69) is 32.1 Å². The Morgan fingerprint density at radius 2 is 2.19 bits per heavy atom. The van der Waals surface area contributed by atoms with E-state index in [1.54, 1.807) is 0 Å². The molecule has 4 heterocycles. The van der Waals surface area contributed by atoms with Crippen molar-refractivity contribution in [2.24, 2.45) is 0 Å². The summed E-state index contributed by atoms with van der Waals surface area (Å²) in [6, 6.07) is 2.30. The lowest BCUT2D eigenvalue weighted by Crippen LogP contribution is -2.45. The van der Waals surface area contributed by atoms with Gasteiger partial charge in [0.05, 0.1) is 17.1 Å². The predicted molar refractivity (Wildman–Crippen MR) is 99.8 cm³/mol. The van der Waals surface area contributed by atoms with Gasteiger partial charge in [0.2, 0.25) is 0 Å². The Bertz CT molecular complexity index is 785. The van der Waals surface area contributed by atoms with Gasteiger partial charge >= 0.3 is 0 Å². The average Bonchev–Trinajstić information content (AvgIpc) is 3.09. The van der Waals surface area contributed by atoms with Gasteiger partial charge in [0.15, 0.2) is 0 Å². The van der Waals surface area contributed by atoms with Gasteiger partial charge in [-0.15, -0.1) is 0 Å². The van der Waals surface area contributed by atoms with E-state index in [1.807, 2.05) is 6.92 Å². The van der Waals surface area contributed by atoms with Crippen LogP contribution in [0, 0.1) is 6.92 Å². The second kappa shape index (κ2) is 6.43. The van der Waals surface area contributed by atoms with Gasteiger partial charge in [0, 0.05) is 37.8 Å². The van der Waals surface area contributed by atoms with Crippen LogP contribution in [-0.2, 0) is 31.5 Å². The molecule has 0 saturated carbocycles. The molecular weight excluding hydrogens is 324 g/mol. The Labute approximate surface area is 155 Å². The molecule has 26 heavy (non-hydrogen) atoms. The molecule has 2 aliphatic heterocycles. The summed E-state index contributed by atoms with van der Waals surface area (Å²) < 4.78 is 2.20. The third kappa shape index (κ3) is 2.85. The Morgan fingerprint density at radius 1 is 1.23 bits per heavy atom. The summed E-state index contributed by atoms with van der Waals surface area (Å²) in [6.07, 6.45) is 8.09. The number of piperidine rings is 1. The van der Waals surface area contributed by atoms with Crippen molar-refractivity contribution in [1.82, 2.24) is 30.0 Å². The standard InChI is InChI=1S/C20H28N6/c1-15-22-11-16-4-6-20(19(16)23-15)5-2-8-25(14-20)13-17-10-18-12-21-7-3-9-26(18)24-17/h10-11,21H,2-9,12-14H2,1H3. The molecule has 0 amide bonds. The number of hydrogen-bond donors (Lipinski definition) is 1. The summed E-state index contributed by atoms with van der Waals surface area (Å²) in [5.41, 5.74) is 5.49. The molecule has 1 saturated heterocycles. The van der Waals surface area contributed by atoms with Crippen LogP contribution in [-0.4, -0.2) is 44.3 Å². The maximum absolute atomic E-state index is 4.89. The highest BCUT2D eigenvalue weighted by atomic mass is 15.3. The molecule has 2 aromatic heterocycles. The topological polar surface area (TPSA) is 58.9 Å². The lowest BCUT2D eigenvalue weighted by atomic mass is 9.77. The molecule has 6 nitrogen and oxygen atoms in total. The summed E-state index contributed by atoms with van der Waals surface area (Å²) >= 11 is 0. The van der Waals surface area contributed by atoms with Crippen molar-refractivity contribution in [2.75, 3.05) is 19.6 Å². The maximum atomic E-state index is 4.89. The van der Waals surface area contributed by atoms with Gasteiger partial charge in [-0.1, -0.05) is 0 Å². The fourth-order valence-electron chi connectivity index (χ4n) is 5.12. The highest BCUT2D eigenvalue weighted by molar-refractivity contribution is 5.33. The van der Waals surface area contributed by atoms with Crippen molar-refractivity contribution in [1.29, 1.82) is 0 Å². The highest BCUT2D eigenvalue weighted by Crippen LogP contribution is 2.44. The number of likely N-dealkylation sites (tertiary alicyclic amines) is 1. The molecule has 0 aromatic carbocycles. The number of aryl methyl sites for hydroxylation is 3. The number of aromatic nitrogens is 4. The van der Waals surface area contributed by atoms with Crippen molar-refractivity contribution in [3.63, 3.8) is 0 Å². The minimum Gasteiger partial charge on any atom is -0.311 e. The van der Waals surface area contributed by atoms with Crippen molar-refractivity contribution in [2.45, 2.75) is 64.1 Å². The molecule has 1 unspecified atom stereocenters. The van der Waals surface area contributed by atoms with E-state index in [1.165, 1.54) is 48.5 Å². The third-order valence-corrected chi connectivity index (χ3v) is 6.35.